The molecule has 0 bridgehead atoms. The van der Waals surface area contributed by atoms with Gasteiger partial charge < -0.3 is 15.7 Å². The minimum Gasteiger partial charge on any atom is -0.412 e. The number of pyridine rings is 1. The van der Waals surface area contributed by atoms with Gasteiger partial charge in [-0.05, 0) is 31.9 Å². The van der Waals surface area contributed by atoms with Gasteiger partial charge in [0.15, 0.2) is 5.82 Å². The minimum atomic E-state index is 0. The fourth-order valence-corrected chi connectivity index (χ4v) is 5.27. The molecule has 1 atom stereocenters. The summed E-state index contributed by atoms with van der Waals surface area (Å²) in [6.45, 7) is 5.11. The van der Waals surface area contributed by atoms with Crippen molar-refractivity contribution in [3.05, 3.63) is 30.6 Å². The number of rotatable bonds is 4. The second kappa shape index (κ2) is 11.3. The van der Waals surface area contributed by atoms with Gasteiger partial charge >= 0.3 is 0 Å². The van der Waals surface area contributed by atoms with Crippen molar-refractivity contribution < 1.29 is 5.48 Å². The van der Waals surface area contributed by atoms with Crippen LogP contribution in [0.1, 0.15) is 32.6 Å². The molecule has 11 heteroatoms. The molecule has 1 saturated carbocycles. The van der Waals surface area contributed by atoms with E-state index in [1.807, 2.05) is 28.4 Å². The third kappa shape index (κ3) is 5.59. The normalized spacial score (nSPS) is 18.9. The van der Waals surface area contributed by atoms with Crippen LogP contribution in [0.3, 0.4) is 0 Å². The Balaban J connectivity index is 0.00000114. The van der Waals surface area contributed by atoms with E-state index in [0.29, 0.717) is 22.9 Å². The Kier molecular flexibility index (Phi) is 9.32. The molecule has 1 aliphatic carbocycles. The van der Waals surface area contributed by atoms with Crippen LogP contribution in [0.4, 0.5) is 5.82 Å². The molecule has 2 aliphatic rings. The van der Waals surface area contributed by atoms with Crippen LogP contribution in [-0.2, 0) is 0 Å². The summed E-state index contributed by atoms with van der Waals surface area (Å²) in [5, 5.41) is 10.0. The largest absolute Gasteiger partial charge is 0.412 e. The molecule has 1 aliphatic heterocycles. The Morgan fingerprint density at radius 2 is 1.97 bits per heavy atom. The van der Waals surface area contributed by atoms with E-state index in [4.69, 9.17) is 15.1 Å². The molecule has 8 nitrogen and oxygen atoms in total. The number of nitrogens with one attached hydrogen (secondary N) is 1. The van der Waals surface area contributed by atoms with E-state index in [-0.39, 0.29) is 30.3 Å². The fourth-order valence-electron chi connectivity index (χ4n) is 4.05. The molecule has 0 radical (unpaired) electrons. The van der Waals surface area contributed by atoms with Gasteiger partial charge in [-0.3, -0.25) is 4.98 Å². The first-order chi connectivity index (χ1) is 13.8. The second-order valence-corrected chi connectivity index (χ2v) is 8.99. The summed E-state index contributed by atoms with van der Waals surface area (Å²) in [4.78, 5) is 16.2. The number of aromatic nitrogens is 5. The van der Waals surface area contributed by atoms with Gasteiger partial charge in [0.05, 0.1) is 0 Å². The monoisotopic (exact) mass is 485 g/mol. The molecule has 1 saturated heterocycles. The quantitative estimate of drug-likeness (QED) is 0.566. The first kappa shape index (κ1) is 25.6. The molecule has 2 fully saturated rings. The topological polar surface area (TPSA) is 103 Å². The van der Waals surface area contributed by atoms with E-state index in [1.54, 1.807) is 12.4 Å². The molecule has 170 valence electrons. The summed E-state index contributed by atoms with van der Waals surface area (Å²) < 4.78 is 1.90. The average Bonchev–Trinajstić information content (AvgIpc) is 3.38. The molecular weight excluding hydrogens is 457 g/mol. The predicted molar refractivity (Wildman–Crippen MR) is 130 cm³/mol. The molecule has 31 heavy (non-hydrogen) atoms. The number of anilines is 1. The van der Waals surface area contributed by atoms with E-state index in [2.05, 4.69) is 28.2 Å². The highest BCUT2D eigenvalue weighted by molar-refractivity contribution is 7.99. The Bertz CT molecular complexity index is 969. The van der Waals surface area contributed by atoms with E-state index in [0.717, 1.165) is 36.0 Å². The van der Waals surface area contributed by atoms with Gasteiger partial charge in [0.2, 0.25) is 0 Å². The van der Waals surface area contributed by atoms with Crippen molar-refractivity contribution in [3.63, 3.8) is 0 Å². The molecule has 0 spiro atoms. The number of hydrogen-bond acceptors (Lipinski definition) is 7. The lowest BCUT2D eigenvalue weighted by molar-refractivity contribution is 0.479. The summed E-state index contributed by atoms with van der Waals surface area (Å²) in [5.41, 5.74) is 0.914. The van der Waals surface area contributed by atoms with Crippen molar-refractivity contribution in [1.29, 1.82) is 0 Å². The van der Waals surface area contributed by atoms with E-state index in [9.17, 15) is 0 Å². The van der Waals surface area contributed by atoms with Gasteiger partial charge in [0.1, 0.15) is 10.8 Å². The van der Waals surface area contributed by atoms with Gasteiger partial charge in [-0.25, -0.2) is 4.98 Å². The number of halogens is 2. The Morgan fingerprint density at radius 3 is 2.68 bits per heavy atom. The van der Waals surface area contributed by atoms with Gasteiger partial charge in [0, 0.05) is 54.9 Å². The Morgan fingerprint density at radius 1 is 1.16 bits per heavy atom. The minimum absolute atomic E-state index is 0. The lowest BCUT2D eigenvalue weighted by atomic mass is 10.2. The van der Waals surface area contributed by atoms with Crippen molar-refractivity contribution in [2.75, 3.05) is 24.5 Å². The van der Waals surface area contributed by atoms with Crippen molar-refractivity contribution in [1.82, 2.24) is 29.9 Å². The number of fused-ring (bicyclic) bond motifs is 1. The van der Waals surface area contributed by atoms with Crippen molar-refractivity contribution in [2.45, 2.75) is 48.9 Å². The van der Waals surface area contributed by atoms with E-state index in [1.165, 1.54) is 25.7 Å². The molecule has 0 amide bonds. The molecule has 0 aromatic carbocycles. The highest BCUT2D eigenvalue weighted by Gasteiger charge is 2.23. The van der Waals surface area contributed by atoms with Crippen LogP contribution in [0.2, 0.25) is 0 Å². The van der Waals surface area contributed by atoms with Crippen LogP contribution in [0, 0.1) is 0 Å². The molecule has 1 unspecified atom stereocenters. The van der Waals surface area contributed by atoms with E-state index >= 15 is 0 Å². The molecule has 3 aromatic rings. The molecule has 3 N–H and O–H groups in total. The number of thioether (sulfide) groups is 1. The van der Waals surface area contributed by atoms with Crippen LogP contribution in [0.15, 0.2) is 35.6 Å². The van der Waals surface area contributed by atoms with Crippen molar-refractivity contribution in [2.24, 2.45) is 0 Å². The van der Waals surface area contributed by atoms with Gasteiger partial charge in [-0.15, -0.1) is 41.7 Å². The maximum Gasteiger partial charge on any atom is 0.255 e. The zero-order valence-electron chi connectivity index (χ0n) is 17.4. The van der Waals surface area contributed by atoms with Gasteiger partial charge in [0.25, 0.3) is 5.78 Å². The molecule has 3 aromatic heterocycles. The molecule has 4 heterocycles. The zero-order chi connectivity index (χ0) is 18.9. The standard InChI is InChI=1S/C20H25N7S.2ClH.H2O/c1-14-13-26(10-9-22-14)18-11-17(28-16-6-2-3-7-16)23-20-24-19(25-27(18)20)15-5-4-8-21-12-15;;;/h4-5,8,11-12,14,16,22H,2-3,6-7,9-10,13H2,1H3;2*1H;1H2. The average molecular weight is 486 g/mol. The van der Waals surface area contributed by atoms with Crippen LogP contribution in [0.25, 0.3) is 17.2 Å². The Labute approximate surface area is 198 Å². The maximum absolute atomic E-state index is 4.85. The molecular formula is C20H29Cl2N7OS. The Hall–Kier alpha value is -1.65. The number of nitrogens with zero attached hydrogens (tertiary/aromatic N) is 6. The summed E-state index contributed by atoms with van der Waals surface area (Å²) in [6.07, 6.45) is 8.80. The lowest BCUT2D eigenvalue weighted by Crippen LogP contribution is -2.49. The van der Waals surface area contributed by atoms with Crippen LogP contribution >= 0.6 is 36.6 Å². The third-order valence-corrected chi connectivity index (χ3v) is 6.73. The SMILES string of the molecule is CC1CN(c2cc(SC3CCCC3)nc3nc(-c4cccnc4)nn23)CCN1.Cl.Cl.O. The number of hydrogen-bond donors (Lipinski definition) is 1. The summed E-state index contributed by atoms with van der Waals surface area (Å²) in [5.74, 6) is 2.43. The van der Waals surface area contributed by atoms with Crippen LogP contribution in [0.5, 0.6) is 0 Å². The summed E-state index contributed by atoms with van der Waals surface area (Å²) in [7, 11) is 0. The number of piperazine rings is 1. The summed E-state index contributed by atoms with van der Waals surface area (Å²) in [6, 6.07) is 6.55. The van der Waals surface area contributed by atoms with Crippen molar-refractivity contribution in [3.8, 4) is 11.4 Å². The van der Waals surface area contributed by atoms with Crippen LogP contribution < -0.4 is 10.2 Å². The van der Waals surface area contributed by atoms with E-state index < -0.39 is 0 Å². The maximum atomic E-state index is 4.85. The van der Waals surface area contributed by atoms with Gasteiger partial charge in [-0.1, -0.05) is 12.8 Å². The van der Waals surface area contributed by atoms with Gasteiger partial charge in [-0.2, -0.15) is 9.50 Å². The first-order valence-electron chi connectivity index (χ1n) is 10.1. The second-order valence-electron chi connectivity index (χ2n) is 7.67. The third-order valence-electron chi connectivity index (χ3n) is 5.47. The predicted octanol–water partition coefficient (Wildman–Crippen LogP) is 3.04. The molecule has 5 rings (SSSR count). The first-order valence-corrected chi connectivity index (χ1v) is 11.0. The highest BCUT2D eigenvalue weighted by Crippen LogP contribution is 2.35. The van der Waals surface area contributed by atoms with Crippen molar-refractivity contribution >= 4 is 48.2 Å². The van der Waals surface area contributed by atoms with Crippen LogP contribution in [-0.4, -0.2) is 61.0 Å². The summed E-state index contributed by atoms with van der Waals surface area (Å²) >= 11 is 1.90. The zero-order valence-corrected chi connectivity index (χ0v) is 19.8. The smallest absolute Gasteiger partial charge is 0.255 e. The highest BCUT2D eigenvalue weighted by atomic mass is 35.5. The fraction of sp³-hybridized carbons (Fsp3) is 0.500. The lowest BCUT2D eigenvalue weighted by Gasteiger charge is -2.33.